The molecule has 116 valence electrons. The Morgan fingerprint density at radius 3 is 3.14 bits per heavy atom. The highest BCUT2D eigenvalue weighted by Gasteiger charge is 2.11. The zero-order valence-corrected chi connectivity index (χ0v) is 12.7. The lowest BCUT2D eigenvalue weighted by molar-refractivity contribution is 0.163. The van der Waals surface area contributed by atoms with E-state index >= 15 is 0 Å². The van der Waals surface area contributed by atoms with Crippen LogP contribution in [0.3, 0.4) is 0 Å². The van der Waals surface area contributed by atoms with Gasteiger partial charge in [0.1, 0.15) is 6.61 Å². The quantitative estimate of drug-likeness (QED) is 0.636. The number of nitrogens with zero attached hydrogens (tertiary/aromatic N) is 1. The van der Waals surface area contributed by atoms with Gasteiger partial charge in [0.05, 0.1) is 12.9 Å². The van der Waals surface area contributed by atoms with Crippen molar-refractivity contribution in [2.24, 2.45) is 0 Å². The lowest BCUT2D eigenvalue weighted by atomic mass is 10.1. The van der Waals surface area contributed by atoms with Gasteiger partial charge in [-0.1, -0.05) is 30.4 Å². The van der Waals surface area contributed by atoms with Crippen LogP contribution in [0.25, 0.3) is 10.9 Å². The molecule has 0 aliphatic carbocycles. The number of para-hydroxylation sites is 1. The van der Waals surface area contributed by atoms with Crippen molar-refractivity contribution in [2.45, 2.75) is 6.42 Å². The molecule has 0 amide bonds. The number of fused-ring (bicyclic) bond motifs is 1. The summed E-state index contributed by atoms with van der Waals surface area (Å²) in [5.41, 5.74) is 3.72. The van der Waals surface area contributed by atoms with Gasteiger partial charge in [0, 0.05) is 42.3 Å². The lowest BCUT2D eigenvalue weighted by Crippen LogP contribution is -2.30. The molecular formula is C18H22N2O2. The van der Waals surface area contributed by atoms with Crippen LogP contribution >= 0.6 is 0 Å². The highest BCUT2D eigenvalue weighted by Crippen LogP contribution is 2.19. The van der Waals surface area contributed by atoms with Crippen LogP contribution in [0.1, 0.15) is 5.56 Å². The average Bonchev–Trinajstić information content (AvgIpc) is 2.97. The second kappa shape index (κ2) is 7.29. The Balaban J connectivity index is 1.58. The molecule has 2 heterocycles. The normalized spacial score (nSPS) is 17.4. The third-order valence-electron chi connectivity index (χ3n) is 3.92. The van der Waals surface area contributed by atoms with Crippen molar-refractivity contribution < 1.29 is 9.84 Å². The standard InChI is InChI=1S/C18H22N2O2/c21-10-11-22-14-15-4-3-8-20(13-15)9-7-16-12-19-18-6-2-1-5-17(16)18/h1-6,12,14,19,21H,7-11,13H2/b15-14+. The number of benzene rings is 1. The first-order chi connectivity index (χ1) is 10.9. The number of aliphatic hydroxyl groups is 1. The molecule has 0 saturated carbocycles. The van der Waals surface area contributed by atoms with Gasteiger partial charge < -0.3 is 14.8 Å². The van der Waals surface area contributed by atoms with Crippen LogP contribution in [0.2, 0.25) is 0 Å². The Hall–Kier alpha value is -2.04. The molecule has 22 heavy (non-hydrogen) atoms. The molecule has 2 aromatic rings. The molecule has 0 saturated heterocycles. The molecule has 0 atom stereocenters. The molecule has 0 fully saturated rings. The lowest BCUT2D eigenvalue weighted by Gasteiger charge is -2.24. The Morgan fingerprint density at radius 1 is 1.32 bits per heavy atom. The first-order valence-electron chi connectivity index (χ1n) is 7.72. The third kappa shape index (κ3) is 3.59. The predicted molar refractivity (Wildman–Crippen MR) is 88.7 cm³/mol. The minimum Gasteiger partial charge on any atom is -0.498 e. The van der Waals surface area contributed by atoms with E-state index in [4.69, 9.17) is 9.84 Å². The second-order valence-corrected chi connectivity index (χ2v) is 5.53. The summed E-state index contributed by atoms with van der Waals surface area (Å²) in [6, 6.07) is 8.43. The van der Waals surface area contributed by atoms with Crippen molar-refractivity contribution in [1.29, 1.82) is 0 Å². The van der Waals surface area contributed by atoms with Gasteiger partial charge in [-0.15, -0.1) is 0 Å². The number of aromatic amines is 1. The van der Waals surface area contributed by atoms with Gasteiger partial charge in [-0.05, 0) is 18.1 Å². The highest BCUT2D eigenvalue weighted by molar-refractivity contribution is 5.83. The monoisotopic (exact) mass is 298 g/mol. The maximum atomic E-state index is 8.74. The zero-order chi connectivity index (χ0) is 15.2. The fourth-order valence-corrected chi connectivity index (χ4v) is 2.81. The summed E-state index contributed by atoms with van der Waals surface area (Å²) < 4.78 is 5.28. The summed E-state index contributed by atoms with van der Waals surface area (Å²) in [6.07, 6.45) is 9.16. The van der Waals surface area contributed by atoms with Crippen LogP contribution in [0, 0.1) is 0 Å². The number of rotatable bonds is 6. The minimum absolute atomic E-state index is 0.0533. The summed E-state index contributed by atoms with van der Waals surface area (Å²) in [4.78, 5) is 5.73. The van der Waals surface area contributed by atoms with Gasteiger partial charge in [-0.3, -0.25) is 4.90 Å². The molecular weight excluding hydrogens is 276 g/mol. The summed E-state index contributed by atoms with van der Waals surface area (Å²) in [6.45, 7) is 3.29. The van der Waals surface area contributed by atoms with E-state index in [0.29, 0.717) is 6.61 Å². The van der Waals surface area contributed by atoms with Gasteiger partial charge >= 0.3 is 0 Å². The number of nitrogens with one attached hydrogen (secondary N) is 1. The topological polar surface area (TPSA) is 48.5 Å². The number of aliphatic hydroxyl groups excluding tert-OH is 1. The van der Waals surface area contributed by atoms with E-state index in [2.05, 4.69) is 52.5 Å². The molecule has 0 bridgehead atoms. The van der Waals surface area contributed by atoms with Crippen LogP contribution < -0.4 is 0 Å². The zero-order valence-electron chi connectivity index (χ0n) is 12.7. The molecule has 3 rings (SSSR count). The molecule has 4 nitrogen and oxygen atoms in total. The molecule has 0 unspecified atom stereocenters. The average molecular weight is 298 g/mol. The molecule has 1 aliphatic heterocycles. The number of hydrogen-bond donors (Lipinski definition) is 2. The fraction of sp³-hybridized carbons (Fsp3) is 0.333. The van der Waals surface area contributed by atoms with Gasteiger partial charge in [-0.2, -0.15) is 0 Å². The summed E-state index contributed by atoms with van der Waals surface area (Å²) >= 11 is 0. The van der Waals surface area contributed by atoms with Crippen LogP contribution in [-0.4, -0.2) is 47.8 Å². The van der Waals surface area contributed by atoms with Gasteiger partial charge in [0.15, 0.2) is 0 Å². The number of aromatic nitrogens is 1. The number of ether oxygens (including phenoxy) is 1. The van der Waals surface area contributed by atoms with Gasteiger partial charge in [0.25, 0.3) is 0 Å². The van der Waals surface area contributed by atoms with E-state index in [1.807, 2.05) is 0 Å². The van der Waals surface area contributed by atoms with Crippen molar-refractivity contribution in [3.05, 3.63) is 60.0 Å². The van der Waals surface area contributed by atoms with Crippen LogP contribution in [0.4, 0.5) is 0 Å². The summed E-state index contributed by atoms with van der Waals surface area (Å²) in [5.74, 6) is 0. The van der Waals surface area contributed by atoms with Crippen molar-refractivity contribution in [2.75, 3.05) is 32.8 Å². The largest absolute Gasteiger partial charge is 0.498 e. The van der Waals surface area contributed by atoms with E-state index in [1.165, 1.54) is 16.5 Å². The molecule has 1 aromatic heterocycles. The maximum Gasteiger partial charge on any atom is 0.110 e. The van der Waals surface area contributed by atoms with E-state index in [1.54, 1.807) is 6.26 Å². The Bertz CT molecular complexity index is 673. The third-order valence-corrected chi connectivity index (χ3v) is 3.92. The van der Waals surface area contributed by atoms with Crippen molar-refractivity contribution in [3.8, 4) is 0 Å². The maximum absolute atomic E-state index is 8.74. The van der Waals surface area contributed by atoms with Gasteiger partial charge in [0.2, 0.25) is 0 Å². The van der Waals surface area contributed by atoms with E-state index < -0.39 is 0 Å². The Kier molecular flexibility index (Phi) is 4.93. The molecule has 4 heteroatoms. The Morgan fingerprint density at radius 2 is 2.23 bits per heavy atom. The summed E-state index contributed by atoms with van der Waals surface area (Å²) in [7, 11) is 0. The van der Waals surface area contributed by atoms with Crippen molar-refractivity contribution in [1.82, 2.24) is 9.88 Å². The smallest absolute Gasteiger partial charge is 0.110 e. The number of H-pyrrole nitrogens is 1. The summed E-state index contributed by atoms with van der Waals surface area (Å²) in [5, 5.41) is 10.1. The van der Waals surface area contributed by atoms with E-state index in [-0.39, 0.29) is 6.61 Å². The molecule has 1 aliphatic rings. The highest BCUT2D eigenvalue weighted by atomic mass is 16.5. The van der Waals surface area contributed by atoms with Crippen molar-refractivity contribution >= 4 is 10.9 Å². The molecule has 2 N–H and O–H groups in total. The second-order valence-electron chi connectivity index (χ2n) is 5.53. The molecule has 1 aromatic carbocycles. The fourth-order valence-electron chi connectivity index (χ4n) is 2.81. The first kappa shape index (κ1) is 14.9. The first-order valence-corrected chi connectivity index (χ1v) is 7.72. The molecule has 0 radical (unpaired) electrons. The van der Waals surface area contributed by atoms with Crippen LogP contribution in [0.15, 0.2) is 54.4 Å². The SMILES string of the molecule is OCCO/C=C1\C=CCN(CCc2c[nH]c3ccccc23)C1. The number of hydrogen-bond acceptors (Lipinski definition) is 3. The van der Waals surface area contributed by atoms with Crippen LogP contribution in [-0.2, 0) is 11.2 Å². The van der Waals surface area contributed by atoms with E-state index in [0.717, 1.165) is 31.6 Å². The minimum atomic E-state index is 0.0533. The van der Waals surface area contributed by atoms with E-state index in [9.17, 15) is 0 Å². The van der Waals surface area contributed by atoms with Crippen molar-refractivity contribution in [3.63, 3.8) is 0 Å². The van der Waals surface area contributed by atoms with Gasteiger partial charge in [-0.25, -0.2) is 0 Å². The molecule has 0 spiro atoms. The Labute approximate surface area is 130 Å². The van der Waals surface area contributed by atoms with Crippen LogP contribution in [0.5, 0.6) is 0 Å². The predicted octanol–water partition coefficient (Wildman–Crippen LogP) is 2.48.